The van der Waals surface area contributed by atoms with Crippen LogP contribution in [0, 0.1) is 11.6 Å². The highest BCUT2D eigenvalue weighted by Crippen LogP contribution is 2.36. The summed E-state index contributed by atoms with van der Waals surface area (Å²) in [5, 5.41) is 11.5. The lowest BCUT2D eigenvalue weighted by Crippen LogP contribution is -2.42. The molecular formula is C12H13F2NO2. The average Bonchev–Trinajstić information content (AvgIpc) is 2.20. The van der Waals surface area contributed by atoms with Gasteiger partial charge in [-0.15, -0.1) is 0 Å². The van der Waals surface area contributed by atoms with Gasteiger partial charge in [0.25, 0.3) is 0 Å². The molecule has 0 aliphatic heterocycles. The van der Waals surface area contributed by atoms with Crippen molar-refractivity contribution in [3.05, 3.63) is 29.3 Å². The van der Waals surface area contributed by atoms with Gasteiger partial charge in [0.2, 0.25) is 0 Å². The van der Waals surface area contributed by atoms with Crippen molar-refractivity contribution in [2.75, 3.05) is 5.32 Å². The van der Waals surface area contributed by atoms with Gasteiger partial charge >= 0.3 is 5.97 Å². The molecule has 0 aromatic heterocycles. The number of halogens is 2. The summed E-state index contributed by atoms with van der Waals surface area (Å²) < 4.78 is 27.2. The SMILES string of the molecule is CC1(Nc2c(F)cc(C(=O)O)cc2F)CCC1. The monoisotopic (exact) mass is 241 g/mol. The van der Waals surface area contributed by atoms with Crippen molar-refractivity contribution in [2.45, 2.75) is 31.7 Å². The third-order valence-electron chi connectivity index (χ3n) is 3.17. The minimum Gasteiger partial charge on any atom is -0.478 e. The number of hydrogen-bond acceptors (Lipinski definition) is 2. The van der Waals surface area contributed by atoms with E-state index >= 15 is 0 Å². The minimum atomic E-state index is -1.34. The Labute approximate surface area is 97.5 Å². The Morgan fingerprint density at radius 1 is 1.35 bits per heavy atom. The lowest BCUT2D eigenvalue weighted by molar-refractivity contribution is 0.0696. The quantitative estimate of drug-likeness (QED) is 0.855. The van der Waals surface area contributed by atoms with E-state index in [0.717, 1.165) is 31.4 Å². The molecule has 1 aliphatic rings. The first-order valence-corrected chi connectivity index (χ1v) is 5.42. The molecule has 3 nitrogen and oxygen atoms in total. The number of hydrogen-bond donors (Lipinski definition) is 2. The molecule has 17 heavy (non-hydrogen) atoms. The molecule has 2 N–H and O–H groups in total. The van der Waals surface area contributed by atoms with Crippen LogP contribution >= 0.6 is 0 Å². The predicted molar refractivity (Wildman–Crippen MR) is 59.2 cm³/mol. The average molecular weight is 241 g/mol. The molecule has 1 saturated carbocycles. The molecule has 0 amide bonds. The molecule has 0 heterocycles. The molecule has 0 bridgehead atoms. The molecule has 0 unspecified atom stereocenters. The van der Waals surface area contributed by atoms with Crippen molar-refractivity contribution in [3.63, 3.8) is 0 Å². The number of aromatic carboxylic acids is 1. The Morgan fingerprint density at radius 3 is 2.24 bits per heavy atom. The van der Waals surface area contributed by atoms with E-state index in [0.29, 0.717) is 0 Å². The summed E-state index contributed by atoms with van der Waals surface area (Å²) in [6.07, 6.45) is 2.74. The molecule has 0 atom stereocenters. The summed E-state index contributed by atoms with van der Waals surface area (Å²) in [5.74, 6) is -3.07. The molecule has 92 valence electrons. The first-order valence-electron chi connectivity index (χ1n) is 5.42. The highest BCUT2D eigenvalue weighted by Gasteiger charge is 2.33. The zero-order valence-corrected chi connectivity index (χ0v) is 9.39. The number of carbonyl (C=O) groups is 1. The summed E-state index contributed by atoms with van der Waals surface area (Å²) in [4.78, 5) is 10.6. The van der Waals surface area contributed by atoms with Crippen LogP contribution in [-0.2, 0) is 0 Å². The van der Waals surface area contributed by atoms with Crippen LogP contribution in [0.1, 0.15) is 36.5 Å². The summed E-state index contributed by atoms with van der Waals surface area (Å²) in [6, 6.07) is 1.66. The molecule has 2 rings (SSSR count). The van der Waals surface area contributed by atoms with Crippen LogP contribution < -0.4 is 5.32 Å². The van der Waals surface area contributed by atoms with Crippen LogP contribution in [-0.4, -0.2) is 16.6 Å². The molecule has 0 saturated heterocycles. The standard InChI is InChI=1S/C12H13F2NO2/c1-12(3-2-4-12)15-10-8(13)5-7(11(16)17)6-9(10)14/h5-6,15H,2-4H2,1H3,(H,16,17). The molecule has 1 aliphatic carbocycles. The van der Waals surface area contributed by atoms with E-state index in [9.17, 15) is 13.6 Å². The third kappa shape index (κ3) is 2.23. The first kappa shape index (κ1) is 11.8. The van der Waals surface area contributed by atoms with Crippen LogP contribution in [0.5, 0.6) is 0 Å². The maximum atomic E-state index is 13.6. The highest BCUT2D eigenvalue weighted by molar-refractivity contribution is 5.88. The first-order chi connectivity index (χ1) is 7.91. The van der Waals surface area contributed by atoms with Crippen LogP contribution in [0.25, 0.3) is 0 Å². The van der Waals surface area contributed by atoms with Crippen LogP contribution in [0.15, 0.2) is 12.1 Å². The Hall–Kier alpha value is -1.65. The predicted octanol–water partition coefficient (Wildman–Crippen LogP) is 3.02. The van der Waals surface area contributed by atoms with Crippen molar-refractivity contribution in [1.82, 2.24) is 0 Å². The van der Waals surface area contributed by atoms with Gasteiger partial charge < -0.3 is 10.4 Å². The van der Waals surface area contributed by atoms with E-state index in [-0.39, 0.29) is 16.8 Å². The number of carboxylic acid groups (broad SMARTS) is 1. The van der Waals surface area contributed by atoms with Crippen molar-refractivity contribution < 1.29 is 18.7 Å². The van der Waals surface area contributed by atoms with Crippen molar-refractivity contribution in [2.24, 2.45) is 0 Å². The molecule has 1 aromatic rings. The fourth-order valence-electron chi connectivity index (χ4n) is 1.95. The summed E-state index contributed by atoms with van der Waals surface area (Å²) in [7, 11) is 0. The topological polar surface area (TPSA) is 49.3 Å². The van der Waals surface area contributed by atoms with E-state index in [4.69, 9.17) is 5.11 Å². The molecule has 5 heteroatoms. The second-order valence-electron chi connectivity index (χ2n) is 4.66. The Balaban J connectivity index is 2.31. The summed E-state index contributed by atoms with van der Waals surface area (Å²) in [6.45, 7) is 1.89. The van der Waals surface area contributed by atoms with Gasteiger partial charge in [-0.2, -0.15) is 0 Å². The highest BCUT2D eigenvalue weighted by atomic mass is 19.1. The smallest absolute Gasteiger partial charge is 0.335 e. The van der Waals surface area contributed by atoms with Crippen molar-refractivity contribution in [1.29, 1.82) is 0 Å². The van der Waals surface area contributed by atoms with Crippen LogP contribution in [0.2, 0.25) is 0 Å². The maximum absolute atomic E-state index is 13.6. The van der Waals surface area contributed by atoms with Gasteiger partial charge in [0.1, 0.15) is 17.3 Å². The summed E-state index contributed by atoms with van der Waals surface area (Å²) in [5.41, 5.74) is -0.909. The lowest BCUT2D eigenvalue weighted by atomic mass is 9.78. The summed E-state index contributed by atoms with van der Waals surface area (Å²) >= 11 is 0. The second-order valence-corrected chi connectivity index (χ2v) is 4.66. The molecule has 1 aromatic carbocycles. The van der Waals surface area contributed by atoms with Gasteiger partial charge in [-0.1, -0.05) is 0 Å². The van der Waals surface area contributed by atoms with Crippen molar-refractivity contribution in [3.8, 4) is 0 Å². The molecule has 0 radical (unpaired) electrons. The Bertz CT molecular complexity index is 447. The maximum Gasteiger partial charge on any atom is 0.335 e. The molecule has 0 spiro atoms. The zero-order valence-electron chi connectivity index (χ0n) is 9.39. The number of benzene rings is 1. The van der Waals surface area contributed by atoms with Gasteiger partial charge in [-0.3, -0.25) is 0 Å². The lowest BCUT2D eigenvalue weighted by Gasteiger charge is -2.40. The normalized spacial score (nSPS) is 17.4. The van der Waals surface area contributed by atoms with Gasteiger partial charge in [-0.05, 0) is 38.3 Å². The second kappa shape index (κ2) is 3.98. The van der Waals surface area contributed by atoms with Gasteiger partial charge in [0.05, 0.1) is 5.56 Å². The van der Waals surface area contributed by atoms with Crippen LogP contribution in [0.3, 0.4) is 0 Å². The Morgan fingerprint density at radius 2 is 1.88 bits per heavy atom. The van der Waals surface area contributed by atoms with Gasteiger partial charge in [0, 0.05) is 5.54 Å². The Kier molecular flexibility index (Phi) is 2.77. The fraction of sp³-hybridized carbons (Fsp3) is 0.417. The van der Waals surface area contributed by atoms with Crippen molar-refractivity contribution >= 4 is 11.7 Å². The van der Waals surface area contributed by atoms with E-state index in [1.165, 1.54) is 0 Å². The van der Waals surface area contributed by atoms with Crippen LogP contribution in [0.4, 0.5) is 14.5 Å². The third-order valence-corrected chi connectivity index (χ3v) is 3.17. The van der Waals surface area contributed by atoms with E-state index < -0.39 is 17.6 Å². The van der Waals surface area contributed by atoms with Gasteiger partial charge in [0.15, 0.2) is 0 Å². The number of carboxylic acids is 1. The number of nitrogens with one attached hydrogen (secondary N) is 1. The van der Waals surface area contributed by atoms with E-state index in [1.54, 1.807) is 0 Å². The number of anilines is 1. The zero-order chi connectivity index (χ0) is 12.6. The fourth-order valence-corrected chi connectivity index (χ4v) is 1.95. The number of rotatable bonds is 3. The molecule has 1 fully saturated rings. The van der Waals surface area contributed by atoms with Gasteiger partial charge in [-0.25, -0.2) is 13.6 Å². The minimum absolute atomic E-state index is 0.239. The molecular weight excluding hydrogens is 228 g/mol. The largest absolute Gasteiger partial charge is 0.478 e. The van der Waals surface area contributed by atoms with E-state index in [1.807, 2.05) is 6.92 Å². The van der Waals surface area contributed by atoms with E-state index in [2.05, 4.69) is 5.32 Å².